The summed E-state index contributed by atoms with van der Waals surface area (Å²) in [6.07, 6.45) is 6.03. The van der Waals surface area contributed by atoms with Gasteiger partial charge in [-0.1, -0.05) is 61.4 Å². The summed E-state index contributed by atoms with van der Waals surface area (Å²) in [4.78, 5) is 29.4. The summed E-state index contributed by atoms with van der Waals surface area (Å²) < 4.78 is 5.40. The Morgan fingerprint density at radius 1 is 1.00 bits per heavy atom. The Balaban J connectivity index is 1.50. The molecule has 3 aromatic rings. The highest BCUT2D eigenvalue weighted by atomic mass is 16.3. The SMILES string of the molecule is O=C(NCCc1ccco1)[C@H]1c2ccccc2C(=O)N(Cc2ccccc2)C12CCCC2. The molecule has 164 valence electrons. The minimum atomic E-state index is -0.490. The Kier molecular flexibility index (Phi) is 5.56. The zero-order valence-electron chi connectivity index (χ0n) is 18.1. The second-order valence-corrected chi connectivity index (χ2v) is 8.83. The van der Waals surface area contributed by atoms with Gasteiger partial charge in [-0.3, -0.25) is 9.59 Å². The third kappa shape index (κ3) is 3.62. The van der Waals surface area contributed by atoms with Crippen LogP contribution in [0.15, 0.2) is 77.4 Å². The summed E-state index contributed by atoms with van der Waals surface area (Å²) in [5.41, 5.74) is 2.10. The van der Waals surface area contributed by atoms with E-state index in [1.54, 1.807) is 6.26 Å². The van der Waals surface area contributed by atoms with Crippen molar-refractivity contribution in [3.8, 4) is 0 Å². The van der Waals surface area contributed by atoms with Gasteiger partial charge >= 0.3 is 0 Å². The second-order valence-electron chi connectivity index (χ2n) is 8.83. The van der Waals surface area contributed by atoms with Gasteiger partial charge in [-0.2, -0.15) is 0 Å². The highest BCUT2D eigenvalue weighted by Crippen LogP contribution is 2.50. The molecular weight excluding hydrogens is 400 g/mol. The Labute approximate surface area is 188 Å². The van der Waals surface area contributed by atoms with Crippen LogP contribution in [0.1, 0.15) is 58.8 Å². The van der Waals surface area contributed by atoms with Gasteiger partial charge in [0.05, 0.1) is 17.7 Å². The van der Waals surface area contributed by atoms with Crippen LogP contribution >= 0.6 is 0 Å². The second kappa shape index (κ2) is 8.65. The number of carbonyl (C=O) groups excluding carboxylic acids is 2. The van der Waals surface area contributed by atoms with Gasteiger partial charge in [0.25, 0.3) is 5.91 Å². The topological polar surface area (TPSA) is 62.6 Å². The fourth-order valence-electron chi connectivity index (χ4n) is 5.53. The number of rotatable bonds is 6. The molecule has 1 saturated carbocycles. The quantitative estimate of drug-likeness (QED) is 0.620. The molecule has 5 heteroatoms. The zero-order valence-corrected chi connectivity index (χ0v) is 18.1. The summed E-state index contributed by atoms with van der Waals surface area (Å²) in [7, 11) is 0. The molecule has 1 fully saturated rings. The van der Waals surface area contributed by atoms with Gasteiger partial charge in [0.2, 0.25) is 5.91 Å². The minimum absolute atomic E-state index is 0.00327. The molecule has 0 radical (unpaired) electrons. The third-order valence-electron chi connectivity index (χ3n) is 6.99. The van der Waals surface area contributed by atoms with Crippen LogP contribution in [0.25, 0.3) is 0 Å². The van der Waals surface area contributed by atoms with E-state index in [2.05, 4.69) is 17.4 Å². The molecule has 1 aliphatic heterocycles. The summed E-state index contributed by atoms with van der Waals surface area (Å²) in [6.45, 7) is 1.03. The number of benzene rings is 2. The number of hydrogen-bond acceptors (Lipinski definition) is 3. The number of amides is 2. The molecule has 0 bridgehead atoms. The lowest BCUT2D eigenvalue weighted by atomic mass is 9.71. The molecule has 1 N–H and O–H groups in total. The van der Waals surface area contributed by atoms with Crippen molar-refractivity contribution in [3.05, 3.63) is 95.4 Å². The highest BCUT2D eigenvalue weighted by molar-refractivity contribution is 6.02. The van der Waals surface area contributed by atoms with Crippen LogP contribution in [0.4, 0.5) is 0 Å². The lowest BCUT2D eigenvalue weighted by Gasteiger charge is -2.50. The molecule has 5 nitrogen and oxygen atoms in total. The van der Waals surface area contributed by atoms with Crippen molar-refractivity contribution in [3.63, 3.8) is 0 Å². The van der Waals surface area contributed by atoms with Crippen molar-refractivity contribution >= 4 is 11.8 Å². The molecule has 2 aromatic carbocycles. The van der Waals surface area contributed by atoms with Gasteiger partial charge in [0.15, 0.2) is 0 Å². The van der Waals surface area contributed by atoms with E-state index in [-0.39, 0.29) is 17.7 Å². The maximum Gasteiger partial charge on any atom is 0.254 e. The largest absolute Gasteiger partial charge is 0.469 e. The first-order valence-electron chi connectivity index (χ1n) is 11.4. The Morgan fingerprint density at radius 2 is 1.75 bits per heavy atom. The number of carbonyl (C=O) groups is 2. The van der Waals surface area contributed by atoms with Gasteiger partial charge in [-0.25, -0.2) is 0 Å². The van der Waals surface area contributed by atoms with Crippen molar-refractivity contribution in [2.45, 2.75) is 50.1 Å². The molecule has 1 aliphatic carbocycles. The zero-order chi connectivity index (χ0) is 22.0. The molecular formula is C27H28N2O3. The van der Waals surface area contributed by atoms with Crippen molar-refractivity contribution < 1.29 is 14.0 Å². The van der Waals surface area contributed by atoms with E-state index >= 15 is 0 Å². The average molecular weight is 429 g/mol. The molecule has 0 unspecified atom stereocenters. The van der Waals surface area contributed by atoms with Crippen LogP contribution in [0.5, 0.6) is 0 Å². The van der Waals surface area contributed by atoms with Crippen molar-refractivity contribution in [1.82, 2.24) is 10.2 Å². The standard InChI is InChI=1S/C27H28N2O3/c30-25(28-17-14-21-11-8-18-32-21)24-22-12-4-5-13-23(22)26(31)29(27(24)15-6-7-16-27)19-20-9-2-1-3-10-20/h1-5,8-13,18,24H,6-7,14-17,19H2,(H,28,30)/t24-/m1/s1. The van der Waals surface area contributed by atoms with Crippen LogP contribution in [-0.4, -0.2) is 28.8 Å². The molecule has 1 aromatic heterocycles. The van der Waals surface area contributed by atoms with Gasteiger partial charge < -0.3 is 14.6 Å². The molecule has 0 saturated heterocycles. The van der Waals surface area contributed by atoms with E-state index in [4.69, 9.17) is 4.42 Å². The first-order chi connectivity index (χ1) is 15.7. The summed E-state index contributed by atoms with van der Waals surface area (Å²) in [5, 5.41) is 3.15. The van der Waals surface area contributed by atoms with E-state index < -0.39 is 5.54 Å². The van der Waals surface area contributed by atoms with Crippen LogP contribution in [0.3, 0.4) is 0 Å². The smallest absolute Gasteiger partial charge is 0.254 e. The number of nitrogens with one attached hydrogen (secondary N) is 1. The molecule has 1 atom stereocenters. The molecule has 2 amide bonds. The maximum absolute atomic E-state index is 13.7. The predicted molar refractivity (Wildman–Crippen MR) is 122 cm³/mol. The lowest BCUT2D eigenvalue weighted by Crippen LogP contribution is -2.60. The predicted octanol–water partition coefficient (Wildman–Crippen LogP) is 4.69. The molecule has 2 heterocycles. The summed E-state index contributed by atoms with van der Waals surface area (Å²) >= 11 is 0. The highest BCUT2D eigenvalue weighted by Gasteiger charge is 2.55. The summed E-state index contributed by atoms with van der Waals surface area (Å²) in [5.74, 6) is 0.507. The Hall–Kier alpha value is -3.34. The fraction of sp³-hybridized carbons (Fsp3) is 0.333. The van der Waals surface area contributed by atoms with Crippen molar-refractivity contribution in [1.29, 1.82) is 0 Å². The van der Waals surface area contributed by atoms with Crippen LogP contribution < -0.4 is 5.32 Å². The Bertz CT molecular complexity index is 1090. The van der Waals surface area contributed by atoms with Gasteiger partial charge in [0.1, 0.15) is 5.76 Å². The van der Waals surface area contributed by atoms with E-state index in [0.29, 0.717) is 25.1 Å². The fourth-order valence-corrected chi connectivity index (χ4v) is 5.53. The van der Waals surface area contributed by atoms with E-state index in [9.17, 15) is 9.59 Å². The van der Waals surface area contributed by atoms with E-state index in [1.807, 2.05) is 59.5 Å². The number of furan rings is 1. The molecule has 5 rings (SSSR count). The van der Waals surface area contributed by atoms with E-state index in [0.717, 1.165) is 42.6 Å². The van der Waals surface area contributed by atoms with Crippen LogP contribution in [0, 0.1) is 0 Å². The van der Waals surface area contributed by atoms with Crippen LogP contribution in [-0.2, 0) is 17.8 Å². The molecule has 2 aliphatic rings. The maximum atomic E-state index is 13.7. The summed E-state index contributed by atoms with van der Waals surface area (Å²) in [6, 6.07) is 21.5. The molecule has 1 spiro atoms. The lowest BCUT2D eigenvalue weighted by molar-refractivity contribution is -0.126. The van der Waals surface area contributed by atoms with Crippen LogP contribution in [0.2, 0.25) is 0 Å². The normalized spacial score (nSPS) is 19.2. The first-order valence-corrected chi connectivity index (χ1v) is 11.4. The number of nitrogens with zero attached hydrogens (tertiary/aromatic N) is 1. The van der Waals surface area contributed by atoms with Gasteiger partial charge in [-0.05, 0) is 42.2 Å². The molecule has 32 heavy (non-hydrogen) atoms. The van der Waals surface area contributed by atoms with Gasteiger partial charge in [0, 0.05) is 25.1 Å². The number of fused-ring (bicyclic) bond motifs is 1. The van der Waals surface area contributed by atoms with Crippen molar-refractivity contribution in [2.75, 3.05) is 6.54 Å². The van der Waals surface area contributed by atoms with Crippen molar-refractivity contribution in [2.24, 2.45) is 0 Å². The average Bonchev–Trinajstić information content (AvgIpc) is 3.51. The minimum Gasteiger partial charge on any atom is -0.469 e. The number of hydrogen-bond donors (Lipinski definition) is 1. The third-order valence-corrected chi connectivity index (χ3v) is 6.99. The van der Waals surface area contributed by atoms with Gasteiger partial charge in [-0.15, -0.1) is 0 Å². The monoisotopic (exact) mass is 428 g/mol. The Morgan fingerprint density at radius 3 is 2.50 bits per heavy atom. The first kappa shape index (κ1) is 20.6. The van der Waals surface area contributed by atoms with E-state index in [1.165, 1.54) is 0 Å².